The Morgan fingerprint density at radius 2 is 2.17 bits per heavy atom. The Hall–Kier alpha value is -1.36. The van der Waals surface area contributed by atoms with E-state index in [1.165, 1.54) is 0 Å². The summed E-state index contributed by atoms with van der Waals surface area (Å²) >= 11 is 0. The first-order valence-corrected chi connectivity index (χ1v) is 6.50. The predicted molar refractivity (Wildman–Crippen MR) is 64.6 cm³/mol. The molecule has 1 saturated carbocycles. The highest BCUT2D eigenvalue weighted by Crippen LogP contribution is 2.41. The molecule has 1 aromatic rings. The highest BCUT2D eigenvalue weighted by atomic mass is 16.5. The molecule has 0 atom stereocenters. The molecule has 0 aliphatic heterocycles. The van der Waals surface area contributed by atoms with E-state index < -0.39 is 5.97 Å². The third-order valence-corrected chi connectivity index (χ3v) is 2.79. The summed E-state index contributed by atoms with van der Waals surface area (Å²) in [6, 6.07) is 0. The summed E-state index contributed by atoms with van der Waals surface area (Å²) in [6.07, 6.45) is 2.74. The van der Waals surface area contributed by atoms with Crippen LogP contribution in [0, 0.1) is 0 Å². The van der Waals surface area contributed by atoms with Crippen LogP contribution in [0.15, 0.2) is 4.42 Å². The number of carbonyl (C=O) groups excluding carboxylic acids is 1. The second-order valence-corrected chi connectivity index (χ2v) is 4.26. The van der Waals surface area contributed by atoms with Crippen LogP contribution in [0.1, 0.15) is 54.7 Å². The second-order valence-electron chi connectivity index (χ2n) is 4.26. The number of oxazole rings is 1. The zero-order valence-corrected chi connectivity index (χ0v) is 10.9. The van der Waals surface area contributed by atoms with Gasteiger partial charge in [-0.3, -0.25) is 0 Å². The average molecular weight is 253 g/mol. The van der Waals surface area contributed by atoms with Gasteiger partial charge in [0.05, 0.1) is 18.9 Å². The summed E-state index contributed by atoms with van der Waals surface area (Å²) in [5.41, 5.74) is 0.764. The van der Waals surface area contributed by atoms with Crippen molar-refractivity contribution in [1.29, 1.82) is 0 Å². The first kappa shape index (κ1) is 13.1. The fraction of sp³-hybridized carbons (Fsp3) is 0.692. The number of esters is 1. The van der Waals surface area contributed by atoms with Gasteiger partial charge in [0.2, 0.25) is 5.76 Å². The molecule has 100 valence electrons. The normalized spacial score (nSPS) is 14.8. The lowest BCUT2D eigenvalue weighted by molar-refractivity contribution is 0.0485. The lowest BCUT2D eigenvalue weighted by Gasteiger charge is -1.99. The van der Waals surface area contributed by atoms with Crippen molar-refractivity contribution in [3.8, 4) is 0 Å². The molecule has 0 saturated heterocycles. The molecule has 18 heavy (non-hydrogen) atoms. The number of aromatic nitrogens is 1. The molecule has 0 radical (unpaired) electrons. The fourth-order valence-electron chi connectivity index (χ4n) is 1.77. The van der Waals surface area contributed by atoms with Crippen molar-refractivity contribution in [3.05, 3.63) is 17.3 Å². The number of ether oxygens (including phenoxy) is 2. The van der Waals surface area contributed by atoms with Crippen LogP contribution in [0.4, 0.5) is 0 Å². The monoisotopic (exact) mass is 253 g/mol. The molecule has 5 nitrogen and oxygen atoms in total. The molecule has 1 aliphatic rings. The Labute approximate surface area is 106 Å². The van der Waals surface area contributed by atoms with Gasteiger partial charge in [-0.25, -0.2) is 9.78 Å². The van der Waals surface area contributed by atoms with Gasteiger partial charge in [-0.15, -0.1) is 0 Å². The van der Waals surface area contributed by atoms with Crippen molar-refractivity contribution < 1.29 is 18.7 Å². The van der Waals surface area contributed by atoms with Crippen LogP contribution in [-0.2, 0) is 15.9 Å². The van der Waals surface area contributed by atoms with Gasteiger partial charge in [-0.1, -0.05) is 0 Å². The van der Waals surface area contributed by atoms with Gasteiger partial charge in [-0.05, 0) is 26.7 Å². The molecule has 5 heteroatoms. The van der Waals surface area contributed by atoms with Gasteiger partial charge in [0.25, 0.3) is 0 Å². The Kier molecular flexibility index (Phi) is 4.36. The largest absolute Gasteiger partial charge is 0.460 e. The maximum atomic E-state index is 11.8. The maximum absolute atomic E-state index is 11.8. The van der Waals surface area contributed by atoms with Gasteiger partial charge in [0.15, 0.2) is 5.89 Å². The number of nitrogens with zero attached hydrogens (tertiary/aromatic N) is 1. The quantitative estimate of drug-likeness (QED) is 0.551. The summed E-state index contributed by atoms with van der Waals surface area (Å²) in [4.78, 5) is 16.2. The Morgan fingerprint density at radius 1 is 1.39 bits per heavy atom. The van der Waals surface area contributed by atoms with Gasteiger partial charge in [-0.2, -0.15) is 0 Å². The highest BCUT2D eigenvalue weighted by molar-refractivity contribution is 5.87. The minimum atomic E-state index is -0.408. The predicted octanol–water partition coefficient (Wildman–Crippen LogP) is 2.31. The molecule has 0 spiro atoms. The second kappa shape index (κ2) is 6.00. The first-order chi connectivity index (χ1) is 8.76. The van der Waals surface area contributed by atoms with Gasteiger partial charge >= 0.3 is 5.97 Å². The molecule has 1 aliphatic carbocycles. The van der Waals surface area contributed by atoms with Crippen molar-refractivity contribution in [2.24, 2.45) is 0 Å². The van der Waals surface area contributed by atoms with E-state index >= 15 is 0 Å². The third-order valence-electron chi connectivity index (χ3n) is 2.79. The standard InChI is InChI=1S/C13H19NO4/c1-3-16-8-7-10-14-11(9-5-6-9)12(18-10)13(15)17-4-2/h9H,3-8H2,1-2H3. The van der Waals surface area contributed by atoms with Gasteiger partial charge in [0, 0.05) is 18.9 Å². The number of hydrogen-bond acceptors (Lipinski definition) is 5. The zero-order valence-electron chi connectivity index (χ0n) is 10.9. The summed E-state index contributed by atoms with van der Waals surface area (Å²) in [7, 11) is 0. The SMILES string of the molecule is CCOCCc1nc(C2CC2)c(C(=O)OCC)o1. The van der Waals surface area contributed by atoms with E-state index in [9.17, 15) is 4.79 Å². The van der Waals surface area contributed by atoms with Crippen molar-refractivity contribution in [2.75, 3.05) is 19.8 Å². The van der Waals surface area contributed by atoms with Crippen LogP contribution >= 0.6 is 0 Å². The van der Waals surface area contributed by atoms with Crippen LogP contribution in [0.2, 0.25) is 0 Å². The molecule has 0 unspecified atom stereocenters. The molecule has 2 rings (SSSR count). The van der Waals surface area contributed by atoms with Crippen molar-refractivity contribution in [2.45, 2.75) is 39.0 Å². The van der Waals surface area contributed by atoms with Gasteiger partial charge in [0.1, 0.15) is 0 Å². The van der Waals surface area contributed by atoms with Crippen LogP contribution in [0.3, 0.4) is 0 Å². The Balaban J connectivity index is 2.08. The summed E-state index contributed by atoms with van der Waals surface area (Å²) in [6.45, 7) is 5.29. The zero-order chi connectivity index (χ0) is 13.0. The average Bonchev–Trinajstić information content (AvgIpc) is 3.11. The Bertz CT molecular complexity index is 409. The van der Waals surface area contributed by atoms with E-state index in [1.54, 1.807) is 6.92 Å². The van der Waals surface area contributed by atoms with E-state index in [2.05, 4.69) is 4.98 Å². The van der Waals surface area contributed by atoms with E-state index in [1.807, 2.05) is 6.92 Å². The highest BCUT2D eigenvalue weighted by Gasteiger charge is 2.34. The summed E-state index contributed by atoms with van der Waals surface area (Å²) in [5, 5.41) is 0. The van der Waals surface area contributed by atoms with Crippen molar-refractivity contribution in [3.63, 3.8) is 0 Å². The molecule has 0 N–H and O–H groups in total. The van der Waals surface area contributed by atoms with Crippen LogP contribution in [0.25, 0.3) is 0 Å². The number of carbonyl (C=O) groups is 1. The molecule has 0 aromatic carbocycles. The van der Waals surface area contributed by atoms with Crippen LogP contribution < -0.4 is 0 Å². The molecule has 0 amide bonds. The lowest BCUT2D eigenvalue weighted by atomic mass is 10.2. The topological polar surface area (TPSA) is 61.6 Å². The smallest absolute Gasteiger partial charge is 0.376 e. The van der Waals surface area contributed by atoms with Crippen LogP contribution in [0.5, 0.6) is 0 Å². The maximum Gasteiger partial charge on any atom is 0.376 e. The Morgan fingerprint density at radius 3 is 2.78 bits per heavy atom. The molecule has 1 heterocycles. The summed E-state index contributed by atoms with van der Waals surface area (Å²) in [5.74, 6) is 0.808. The first-order valence-electron chi connectivity index (χ1n) is 6.50. The van der Waals surface area contributed by atoms with E-state index in [0.29, 0.717) is 38.1 Å². The minimum Gasteiger partial charge on any atom is -0.460 e. The number of hydrogen-bond donors (Lipinski definition) is 0. The molecule has 1 fully saturated rings. The van der Waals surface area contributed by atoms with E-state index in [4.69, 9.17) is 13.9 Å². The molecular weight excluding hydrogens is 234 g/mol. The number of rotatable bonds is 7. The molecule has 0 bridgehead atoms. The van der Waals surface area contributed by atoms with Crippen molar-refractivity contribution in [1.82, 2.24) is 4.98 Å². The lowest BCUT2D eigenvalue weighted by Crippen LogP contribution is -2.05. The fourth-order valence-corrected chi connectivity index (χ4v) is 1.77. The van der Waals surface area contributed by atoms with E-state index in [0.717, 1.165) is 18.5 Å². The third kappa shape index (κ3) is 3.10. The van der Waals surface area contributed by atoms with E-state index in [-0.39, 0.29) is 5.76 Å². The van der Waals surface area contributed by atoms with Crippen molar-refractivity contribution >= 4 is 5.97 Å². The van der Waals surface area contributed by atoms with Crippen LogP contribution in [-0.4, -0.2) is 30.8 Å². The van der Waals surface area contributed by atoms with Gasteiger partial charge < -0.3 is 13.9 Å². The minimum absolute atomic E-state index is 0.283. The molecular formula is C13H19NO4. The molecule has 1 aromatic heterocycles. The summed E-state index contributed by atoms with van der Waals surface area (Å²) < 4.78 is 15.7.